The van der Waals surface area contributed by atoms with E-state index in [4.69, 9.17) is 51.2 Å². The van der Waals surface area contributed by atoms with Crippen LogP contribution in [0.4, 0.5) is 0 Å². The number of ether oxygens (including phenoxy) is 4. The third kappa shape index (κ3) is 5.44. The van der Waals surface area contributed by atoms with E-state index in [1.165, 1.54) is 6.33 Å². The van der Waals surface area contributed by atoms with E-state index in [1.807, 2.05) is 0 Å². The normalized spacial score (nSPS) is 27.0. The molecule has 2 aromatic rings. The van der Waals surface area contributed by atoms with Gasteiger partial charge in [0.25, 0.3) is 5.18 Å². The summed E-state index contributed by atoms with van der Waals surface area (Å²) in [4.78, 5) is 12.4. The monoisotopic (exact) mass is 588 g/mol. The molecule has 0 aromatic carbocycles. The van der Waals surface area contributed by atoms with Crippen LogP contribution in [0.1, 0.15) is 33.9 Å². The van der Waals surface area contributed by atoms with Gasteiger partial charge in [0.15, 0.2) is 32.7 Å². The first-order valence-corrected chi connectivity index (χ1v) is 15.4. The van der Waals surface area contributed by atoms with Crippen LogP contribution in [0.3, 0.4) is 0 Å². The second-order valence-electron chi connectivity index (χ2n) is 8.58. The first kappa shape index (κ1) is 28.1. The minimum absolute atomic E-state index is 0.0365. The summed E-state index contributed by atoms with van der Waals surface area (Å²) in [7, 11) is -8.19. The van der Waals surface area contributed by atoms with Gasteiger partial charge in [0.1, 0.15) is 23.8 Å². The molecule has 0 aliphatic carbocycles. The van der Waals surface area contributed by atoms with Crippen molar-refractivity contribution in [2.75, 3.05) is 26.1 Å². The molecule has 0 radical (unpaired) electrons. The van der Waals surface area contributed by atoms with Crippen molar-refractivity contribution in [1.82, 2.24) is 19.5 Å². The molecule has 2 aliphatic rings. The van der Waals surface area contributed by atoms with Crippen molar-refractivity contribution in [3.63, 3.8) is 0 Å². The molecule has 0 saturated carbocycles. The summed E-state index contributed by atoms with van der Waals surface area (Å²) in [5, 5.41) is -1.87. The topological polar surface area (TPSA) is 150 Å². The summed E-state index contributed by atoms with van der Waals surface area (Å²) in [6.07, 6.45) is -0.603. The Balaban J connectivity index is 1.64. The predicted molar refractivity (Wildman–Crippen MR) is 129 cm³/mol. The van der Waals surface area contributed by atoms with E-state index >= 15 is 0 Å². The molecule has 0 amide bonds. The zero-order chi connectivity index (χ0) is 26.5. The Morgan fingerprint density at radius 1 is 1.17 bits per heavy atom. The number of hydrogen-bond donors (Lipinski definition) is 0. The molecule has 13 nitrogen and oxygen atoms in total. The highest BCUT2D eigenvalue weighted by Gasteiger charge is 2.57. The van der Waals surface area contributed by atoms with Gasteiger partial charge in [-0.2, -0.15) is 4.98 Å². The first-order valence-electron chi connectivity index (χ1n) is 11.1. The molecule has 17 heteroatoms. The van der Waals surface area contributed by atoms with Gasteiger partial charge in [-0.05, 0) is 39.3 Å². The number of rotatable bonds is 10. The van der Waals surface area contributed by atoms with E-state index in [2.05, 4.69) is 15.0 Å². The molecule has 2 aromatic heterocycles. The predicted octanol–water partition coefficient (Wildman–Crippen LogP) is 3.16. The molecular weight excluding hydrogens is 562 g/mol. The number of sulfone groups is 1. The summed E-state index contributed by atoms with van der Waals surface area (Å²) in [6, 6.07) is 0. The lowest BCUT2D eigenvalue weighted by Gasteiger charge is -2.27. The zero-order valence-electron chi connectivity index (χ0n) is 20.2. The van der Waals surface area contributed by atoms with Crippen molar-refractivity contribution in [2.24, 2.45) is 0 Å². The van der Waals surface area contributed by atoms with Crippen LogP contribution in [0.2, 0.25) is 10.4 Å². The molecule has 202 valence electrons. The Bertz CT molecular complexity index is 1270. The molecule has 36 heavy (non-hydrogen) atoms. The molecule has 0 N–H and O–H groups in total. The van der Waals surface area contributed by atoms with Gasteiger partial charge in [0.2, 0.25) is 5.28 Å². The van der Waals surface area contributed by atoms with Crippen molar-refractivity contribution in [2.45, 2.75) is 63.2 Å². The van der Waals surface area contributed by atoms with Crippen molar-refractivity contribution in [3.8, 4) is 0 Å². The van der Waals surface area contributed by atoms with Crippen molar-refractivity contribution in [3.05, 3.63) is 16.8 Å². The molecule has 2 saturated heterocycles. The smallest absolute Gasteiger partial charge is 0.349 e. The van der Waals surface area contributed by atoms with Crippen LogP contribution in [0.5, 0.6) is 0 Å². The molecular formula is C19H27Cl2N4O9PS. The van der Waals surface area contributed by atoms with Gasteiger partial charge < -0.3 is 28.0 Å². The lowest BCUT2D eigenvalue weighted by atomic mass is 10.1. The van der Waals surface area contributed by atoms with Gasteiger partial charge >= 0.3 is 7.60 Å². The van der Waals surface area contributed by atoms with Crippen LogP contribution in [0.15, 0.2) is 6.33 Å². The minimum atomic E-state index is -4.17. The highest BCUT2D eigenvalue weighted by atomic mass is 35.5. The molecule has 0 spiro atoms. The Morgan fingerprint density at radius 3 is 2.42 bits per heavy atom. The average Bonchev–Trinajstić information content (AvgIpc) is 3.39. The molecule has 1 unspecified atom stereocenters. The molecule has 4 rings (SSSR count). The van der Waals surface area contributed by atoms with E-state index in [1.54, 1.807) is 32.3 Å². The largest absolute Gasteiger partial charge is 0.374 e. The summed E-state index contributed by atoms with van der Waals surface area (Å²) in [5.74, 6) is -0.974. The third-order valence-electron chi connectivity index (χ3n) is 5.40. The Labute approximate surface area is 218 Å². The number of imidazole rings is 1. The van der Waals surface area contributed by atoms with Gasteiger partial charge in [-0.3, -0.25) is 9.13 Å². The van der Waals surface area contributed by atoms with Gasteiger partial charge in [0.05, 0.1) is 26.1 Å². The van der Waals surface area contributed by atoms with Gasteiger partial charge in [0, 0.05) is 6.26 Å². The minimum Gasteiger partial charge on any atom is -0.349 e. The fourth-order valence-corrected chi connectivity index (χ4v) is 8.50. The number of aromatic nitrogens is 4. The maximum atomic E-state index is 13.3. The molecule has 0 bridgehead atoms. The Morgan fingerprint density at radius 2 is 1.81 bits per heavy atom. The third-order valence-corrected chi connectivity index (χ3v) is 10.5. The van der Waals surface area contributed by atoms with Crippen LogP contribution < -0.4 is 0 Å². The van der Waals surface area contributed by atoms with E-state index in [0.29, 0.717) is 11.2 Å². The van der Waals surface area contributed by atoms with Gasteiger partial charge in [-0.1, -0.05) is 11.6 Å². The SMILES string of the molecule is CCOP(=O)(OCC)C(OC[C@H]1O[C@@H](n2cnc3c(Cl)nc(Cl)nc32)[C@@H]2OC(C)(C)O[C@@H]21)S(C)(=O)=O. The summed E-state index contributed by atoms with van der Waals surface area (Å²) in [6.45, 7) is 6.23. The van der Waals surface area contributed by atoms with Gasteiger partial charge in [-0.25, -0.2) is 18.4 Å². The van der Waals surface area contributed by atoms with Crippen molar-refractivity contribution >= 4 is 51.8 Å². The summed E-state index contributed by atoms with van der Waals surface area (Å²) >= 11 is 12.1. The quantitative estimate of drug-likeness (QED) is 0.228. The number of nitrogens with zero attached hydrogens (tertiary/aromatic N) is 4. The van der Waals surface area contributed by atoms with E-state index in [-0.39, 0.29) is 30.3 Å². The second kappa shape index (κ2) is 10.3. The molecule has 2 aliphatic heterocycles. The standard InChI is InChI=1S/C19H27Cl2N4O9PS/c1-6-30-35(26,31-7-2)18(36(5,27)28)29-8-10-12-13(34-19(3,4)33-12)16(32-10)25-9-22-11-14(20)23-17(21)24-15(11)25/h9-10,12-13,16,18H,6-8H2,1-5H3/t10-,12-,13-,16-,18?/m1/s1. The molecule has 2 fully saturated rings. The second-order valence-corrected chi connectivity index (χ2v) is 13.8. The number of halogens is 2. The number of fused-ring (bicyclic) bond motifs is 2. The maximum Gasteiger partial charge on any atom is 0.374 e. The van der Waals surface area contributed by atoms with Crippen molar-refractivity contribution < 1.29 is 41.0 Å². The van der Waals surface area contributed by atoms with Crippen LogP contribution in [0, 0.1) is 0 Å². The van der Waals surface area contributed by atoms with E-state index in [9.17, 15) is 13.0 Å². The summed E-state index contributed by atoms with van der Waals surface area (Å²) < 4.78 is 74.3. The van der Waals surface area contributed by atoms with Crippen LogP contribution >= 0.6 is 30.8 Å². The lowest BCUT2D eigenvalue weighted by Crippen LogP contribution is -2.36. The van der Waals surface area contributed by atoms with E-state index in [0.717, 1.165) is 6.26 Å². The fraction of sp³-hybridized carbons (Fsp3) is 0.737. The highest BCUT2D eigenvalue weighted by Crippen LogP contribution is 2.55. The maximum absolute atomic E-state index is 13.3. The fourth-order valence-electron chi connectivity index (χ4n) is 4.21. The Kier molecular flexibility index (Phi) is 8.06. The molecule has 5 atom stereocenters. The number of hydrogen-bond acceptors (Lipinski definition) is 12. The summed E-state index contributed by atoms with van der Waals surface area (Å²) in [5.41, 5.74) is 0.621. The van der Waals surface area contributed by atoms with Crippen LogP contribution in [-0.2, 0) is 42.4 Å². The van der Waals surface area contributed by atoms with E-state index < -0.39 is 52.9 Å². The van der Waals surface area contributed by atoms with Crippen LogP contribution in [-0.4, -0.2) is 83.3 Å². The van der Waals surface area contributed by atoms with Crippen LogP contribution in [0.25, 0.3) is 11.2 Å². The highest BCUT2D eigenvalue weighted by molar-refractivity contribution is 7.97. The average molecular weight is 589 g/mol. The lowest BCUT2D eigenvalue weighted by molar-refractivity contribution is -0.201. The molecule has 4 heterocycles. The van der Waals surface area contributed by atoms with Gasteiger partial charge in [-0.15, -0.1) is 0 Å². The Hall–Kier alpha value is -0.930. The van der Waals surface area contributed by atoms with Crippen molar-refractivity contribution in [1.29, 1.82) is 0 Å². The zero-order valence-corrected chi connectivity index (χ0v) is 23.4. The first-order chi connectivity index (χ1) is 16.8.